The monoisotopic (exact) mass is 325 g/mol. The minimum Gasteiger partial charge on any atom is -0.346 e. The maximum Gasteiger partial charge on any atom is 0.241 e. The van der Waals surface area contributed by atoms with Gasteiger partial charge in [-0.2, -0.15) is 0 Å². The molecule has 22 heavy (non-hydrogen) atoms. The second-order valence-corrected chi connectivity index (χ2v) is 5.83. The van der Waals surface area contributed by atoms with Crippen LogP contribution in [0.4, 0.5) is 0 Å². The zero-order valence-corrected chi connectivity index (χ0v) is 13.7. The summed E-state index contributed by atoms with van der Waals surface area (Å²) in [5.41, 5.74) is 6.46. The summed E-state index contributed by atoms with van der Waals surface area (Å²) in [7, 11) is 0. The van der Waals surface area contributed by atoms with E-state index in [1.54, 1.807) is 0 Å². The predicted octanol–water partition coefficient (Wildman–Crippen LogP) is 1.06. The van der Waals surface area contributed by atoms with Gasteiger partial charge >= 0.3 is 0 Å². The number of nitrogens with two attached hydrogens (primary N) is 1. The van der Waals surface area contributed by atoms with Crippen LogP contribution in [0.1, 0.15) is 25.3 Å². The number of likely N-dealkylation sites (tertiary alicyclic amines) is 1. The molecule has 1 aliphatic rings. The molecule has 0 spiro atoms. The summed E-state index contributed by atoms with van der Waals surface area (Å²) in [6.45, 7) is 3.57. The van der Waals surface area contributed by atoms with E-state index in [9.17, 15) is 9.59 Å². The fourth-order valence-corrected chi connectivity index (χ4v) is 2.89. The summed E-state index contributed by atoms with van der Waals surface area (Å²) in [5, 5.41) is 2.54. The molecule has 1 aliphatic heterocycles. The van der Waals surface area contributed by atoms with E-state index in [4.69, 9.17) is 5.73 Å². The lowest BCUT2D eigenvalue weighted by molar-refractivity contribution is -0.134. The van der Waals surface area contributed by atoms with Gasteiger partial charge in [-0.1, -0.05) is 37.3 Å². The van der Waals surface area contributed by atoms with Crippen molar-refractivity contribution in [3.05, 3.63) is 35.9 Å². The van der Waals surface area contributed by atoms with Crippen LogP contribution >= 0.6 is 12.4 Å². The van der Waals surface area contributed by atoms with Crippen molar-refractivity contribution in [2.24, 2.45) is 5.73 Å². The van der Waals surface area contributed by atoms with E-state index >= 15 is 0 Å². The van der Waals surface area contributed by atoms with Gasteiger partial charge in [-0.3, -0.25) is 9.59 Å². The van der Waals surface area contributed by atoms with Crippen molar-refractivity contribution in [3.63, 3.8) is 0 Å². The van der Waals surface area contributed by atoms with E-state index in [1.807, 2.05) is 23.1 Å². The Labute approximate surface area is 137 Å². The minimum atomic E-state index is -0.300. The SMILES string of the molecule is CC1(c2ccccc2)CCCN(C(=O)CNC(=O)CN)C1.Cl. The van der Waals surface area contributed by atoms with Crippen LogP contribution < -0.4 is 11.1 Å². The summed E-state index contributed by atoms with van der Waals surface area (Å²) in [5.74, 6) is -0.343. The first-order valence-electron chi connectivity index (χ1n) is 7.35. The number of halogens is 1. The normalized spacial score (nSPS) is 20.9. The number of nitrogens with zero attached hydrogens (tertiary/aromatic N) is 1. The third kappa shape index (κ3) is 4.45. The number of hydrogen-bond acceptors (Lipinski definition) is 3. The Hall–Kier alpha value is -1.59. The Morgan fingerprint density at radius 1 is 1.32 bits per heavy atom. The van der Waals surface area contributed by atoms with Gasteiger partial charge in [-0.25, -0.2) is 0 Å². The van der Waals surface area contributed by atoms with Crippen molar-refractivity contribution >= 4 is 24.2 Å². The molecule has 0 aromatic heterocycles. The second kappa shape index (κ2) is 8.15. The molecule has 0 saturated carbocycles. The van der Waals surface area contributed by atoms with E-state index in [1.165, 1.54) is 5.56 Å². The van der Waals surface area contributed by atoms with Gasteiger partial charge in [-0.15, -0.1) is 12.4 Å². The van der Waals surface area contributed by atoms with E-state index < -0.39 is 0 Å². The highest BCUT2D eigenvalue weighted by atomic mass is 35.5. The van der Waals surface area contributed by atoms with Crippen molar-refractivity contribution in [1.29, 1.82) is 0 Å². The maximum atomic E-state index is 12.2. The third-order valence-electron chi connectivity index (χ3n) is 4.14. The number of hydrogen-bond donors (Lipinski definition) is 2. The average Bonchev–Trinajstić information content (AvgIpc) is 2.53. The van der Waals surface area contributed by atoms with Crippen molar-refractivity contribution < 1.29 is 9.59 Å². The van der Waals surface area contributed by atoms with E-state index in [0.29, 0.717) is 6.54 Å². The van der Waals surface area contributed by atoms with Gasteiger partial charge in [0.2, 0.25) is 11.8 Å². The van der Waals surface area contributed by atoms with Crippen molar-refractivity contribution in [3.8, 4) is 0 Å². The first kappa shape index (κ1) is 18.5. The van der Waals surface area contributed by atoms with Gasteiger partial charge < -0.3 is 16.0 Å². The summed E-state index contributed by atoms with van der Waals surface area (Å²) in [6.07, 6.45) is 2.04. The van der Waals surface area contributed by atoms with E-state index in [-0.39, 0.29) is 42.7 Å². The molecule has 1 aromatic rings. The molecule has 3 N–H and O–H groups in total. The quantitative estimate of drug-likeness (QED) is 0.869. The lowest BCUT2D eigenvalue weighted by Crippen LogP contribution is -2.50. The van der Waals surface area contributed by atoms with Crippen molar-refractivity contribution in [1.82, 2.24) is 10.2 Å². The van der Waals surface area contributed by atoms with Crippen LogP contribution in [-0.4, -0.2) is 42.9 Å². The number of benzene rings is 1. The highest BCUT2D eigenvalue weighted by Gasteiger charge is 2.34. The third-order valence-corrected chi connectivity index (χ3v) is 4.14. The zero-order valence-electron chi connectivity index (χ0n) is 12.9. The number of rotatable bonds is 4. The molecule has 2 rings (SSSR count). The Balaban J connectivity index is 0.00000242. The number of piperidine rings is 1. The lowest BCUT2D eigenvalue weighted by atomic mass is 9.76. The van der Waals surface area contributed by atoms with Gasteiger partial charge in [-0.05, 0) is 18.4 Å². The molecule has 5 nitrogen and oxygen atoms in total. The molecule has 6 heteroatoms. The van der Waals surface area contributed by atoms with Gasteiger partial charge in [0.1, 0.15) is 0 Å². The first-order chi connectivity index (χ1) is 10.0. The number of amides is 2. The second-order valence-electron chi connectivity index (χ2n) is 5.83. The molecule has 1 heterocycles. The van der Waals surface area contributed by atoms with Crippen LogP contribution in [0.2, 0.25) is 0 Å². The van der Waals surface area contributed by atoms with Gasteiger partial charge in [0.15, 0.2) is 0 Å². The molecule has 1 aromatic carbocycles. The van der Waals surface area contributed by atoms with Crippen molar-refractivity contribution in [2.45, 2.75) is 25.2 Å². The van der Waals surface area contributed by atoms with Crippen LogP contribution in [-0.2, 0) is 15.0 Å². The summed E-state index contributed by atoms with van der Waals surface area (Å²) in [4.78, 5) is 25.2. The van der Waals surface area contributed by atoms with E-state index in [0.717, 1.165) is 19.4 Å². The van der Waals surface area contributed by atoms with Crippen LogP contribution in [0, 0.1) is 0 Å². The van der Waals surface area contributed by atoms with Gasteiger partial charge in [0, 0.05) is 18.5 Å². The molecule has 0 radical (unpaired) electrons. The molecular weight excluding hydrogens is 302 g/mol. The van der Waals surface area contributed by atoms with E-state index in [2.05, 4.69) is 24.4 Å². The largest absolute Gasteiger partial charge is 0.346 e. The topological polar surface area (TPSA) is 75.4 Å². The lowest BCUT2D eigenvalue weighted by Gasteiger charge is -2.41. The smallest absolute Gasteiger partial charge is 0.241 e. The Bertz CT molecular complexity index is 509. The average molecular weight is 326 g/mol. The van der Waals surface area contributed by atoms with Gasteiger partial charge in [0.05, 0.1) is 13.1 Å². The molecule has 0 aliphatic carbocycles. The highest BCUT2D eigenvalue weighted by Crippen LogP contribution is 2.33. The summed E-state index contributed by atoms with van der Waals surface area (Å²) < 4.78 is 0. The summed E-state index contributed by atoms with van der Waals surface area (Å²) >= 11 is 0. The molecule has 122 valence electrons. The number of carbonyl (C=O) groups excluding carboxylic acids is 2. The van der Waals surface area contributed by atoms with Crippen LogP contribution in [0.3, 0.4) is 0 Å². The predicted molar refractivity (Wildman–Crippen MR) is 88.9 cm³/mol. The first-order valence-corrected chi connectivity index (χ1v) is 7.35. The molecule has 1 saturated heterocycles. The molecule has 0 bridgehead atoms. The standard InChI is InChI=1S/C16H23N3O2.ClH/c1-16(13-6-3-2-4-7-13)8-5-9-19(12-16)15(21)11-18-14(20)10-17;/h2-4,6-7H,5,8-12,17H2,1H3,(H,18,20);1H. The summed E-state index contributed by atoms with van der Waals surface area (Å²) in [6, 6.07) is 10.3. The molecular formula is C16H24ClN3O2. The highest BCUT2D eigenvalue weighted by molar-refractivity contribution is 5.86. The van der Waals surface area contributed by atoms with Gasteiger partial charge in [0.25, 0.3) is 0 Å². The Morgan fingerprint density at radius 3 is 2.64 bits per heavy atom. The molecule has 1 atom stereocenters. The molecule has 1 fully saturated rings. The fraction of sp³-hybridized carbons (Fsp3) is 0.500. The number of nitrogens with one attached hydrogen (secondary N) is 1. The number of carbonyl (C=O) groups is 2. The zero-order chi connectivity index (χ0) is 15.3. The Kier molecular flexibility index (Phi) is 6.84. The maximum absolute atomic E-state index is 12.2. The van der Waals surface area contributed by atoms with Crippen molar-refractivity contribution in [2.75, 3.05) is 26.2 Å². The minimum absolute atomic E-state index is 0. The van der Waals surface area contributed by atoms with Crippen LogP contribution in [0.5, 0.6) is 0 Å². The molecule has 2 amide bonds. The van der Waals surface area contributed by atoms with Crippen LogP contribution in [0.25, 0.3) is 0 Å². The fourth-order valence-electron chi connectivity index (χ4n) is 2.89. The van der Waals surface area contributed by atoms with Crippen LogP contribution in [0.15, 0.2) is 30.3 Å². The Morgan fingerprint density at radius 2 is 2.00 bits per heavy atom. The molecule has 1 unspecified atom stereocenters.